The highest BCUT2D eigenvalue weighted by Crippen LogP contribution is 2.45. The number of unbranched alkanes of at least 4 members (excludes halogenated alkanes) is 39. The molecular formula is C78H152O17P2. The molecule has 0 aromatic rings. The number of hydrogen-bond acceptors (Lipinski definition) is 15. The first-order valence-electron chi connectivity index (χ1n) is 40.3. The van der Waals surface area contributed by atoms with Gasteiger partial charge in [-0.1, -0.05) is 344 Å². The molecule has 0 saturated carbocycles. The number of aliphatic hydroxyl groups excluding tert-OH is 1. The number of esters is 4. The molecule has 17 nitrogen and oxygen atoms in total. The number of phosphoric ester groups is 2. The lowest BCUT2D eigenvalue weighted by Crippen LogP contribution is -2.30. The number of hydrogen-bond donors (Lipinski definition) is 3. The van der Waals surface area contributed by atoms with Gasteiger partial charge in [-0.05, 0) is 49.4 Å². The molecule has 0 fully saturated rings. The highest BCUT2D eigenvalue weighted by Gasteiger charge is 2.30. The van der Waals surface area contributed by atoms with Gasteiger partial charge in [-0.15, -0.1) is 0 Å². The van der Waals surface area contributed by atoms with Crippen molar-refractivity contribution in [2.45, 2.75) is 414 Å². The van der Waals surface area contributed by atoms with Crippen LogP contribution in [0.1, 0.15) is 396 Å². The third-order valence-electron chi connectivity index (χ3n) is 18.8. The van der Waals surface area contributed by atoms with E-state index in [4.69, 9.17) is 37.0 Å². The molecule has 0 amide bonds. The van der Waals surface area contributed by atoms with Crippen LogP contribution in [-0.2, 0) is 65.4 Å². The van der Waals surface area contributed by atoms with Gasteiger partial charge in [0.05, 0.1) is 26.4 Å². The molecule has 97 heavy (non-hydrogen) atoms. The minimum absolute atomic E-state index is 0.105. The second-order valence-corrected chi connectivity index (χ2v) is 32.4. The average Bonchev–Trinajstić information content (AvgIpc) is 1.87. The van der Waals surface area contributed by atoms with E-state index in [1.807, 2.05) is 0 Å². The number of rotatable bonds is 75. The second kappa shape index (κ2) is 67.2. The fourth-order valence-corrected chi connectivity index (χ4v) is 13.4. The van der Waals surface area contributed by atoms with Gasteiger partial charge < -0.3 is 33.8 Å². The molecule has 0 aliphatic heterocycles. The second-order valence-electron chi connectivity index (χ2n) is 29.5. The van der Waals surface area contributed by atoms with E-state index in [0.717, 1.165) is 114 Å². The lowest BCUT2D eigenvalue weighted by Gasteiger charge is -2.21. The highest BCUT2D eigenvalue weighted by atomic mass is 31.2. The molecule has 576 valence electrons. The van der Waals surface area contributed by atoms with E-state index < -0.39 is 97.5 Å². The predicted octanol–water partition coefficient (Wildman–Crippen LogP) is 22.8. The maximum atomic E-state index is 13.1. The topological polar surface area (TPSA) is 237 Å². The van der Waals surface area contributed by atoms with Crippen LogP contribution in [0.3, 0.4) is 0 Å². The monoisotopic (exact) mass is 1420 g/mol. The summed E-state index contributed by atoms with van der Waals surface area (Å²) in [5.74, 6) is 1.03. The lowest BCUT2D eigenvalue weighted by molar-refractivity contribution is -0.161. The van der Waals surface area contributed by atoms with Crippen LogP contribution < -0.4 is 0 Å². The van der Waals surface area contributed by atoms with Gasteiger partial charge in [-0.25, -0.2) is 9.13 Å². The third kappa shape index (κ3) is 69.5. The summed E-state index contributed by atoms with van der Waals surface area (Å²) in [4.78, 5) is 72.9. The van der Waals surface area contributed by atoms with Gasteiger partial charge in [0, 0.05) is 25.7 Å². The molecule has 4 unspecified atom stereocenters. The smallest absolute Gasteiger partial charge is 0.462 e. The predicted molar refractivity (Wildman–Crippen MR) is 395 cm³/mol. The van der Waals surface area contributed by atoms with E-state index in [2.05, 4.69) is 55.4 Å². The Hall–Kier alpha value is -1.94. The van der Waals surface area contributed by atoms with Crippen LogP contribution in [0.4, 0.5) is 0 Å². The van der Waals surface area contributed by atoms with Crippen molar-refractivity contribution in [2.24, 2.45) is 23.7 Å². The van der Waals surface area contributed by atoms with Crippen LogP contribution in [0, 0.1) is 23.7 Å². The Balaban J connectivity index is 5.27. The van der Waals surface area contributed by atoms with Gasteiger partial charge in [0.25, 0.3) is 0 Å². The summed E-state index contributed by atoms with van der Waals surface area (Å²) in [6.07, 6.45) is 52.5. The first-order chi connectivity index (χ1) is 46.7. The molecule has 19 heteroatoms. The summed E-state index contributed by atoms with van der Waals surface area (Å²) < 4.78 is 68.6. The van der Waals surface area contributed by atoms with Crippen LogP contribution >= 0.6 is 15.6 Å². The van der Waals surface area contributed by atoms with Crippen molar-refractivity contribution in [3.8, 4) is 0 Å². The van der Waals surface area contributed by atoms with E-state index in [-0.39, 0.29) is 25.7 Å². The maximum absolute atomic E-state index is 13.1. The van der Waals surface area contributed by atoms with Crippen LogP contribution in [0.2, 0.25) is 0 Å². The lowest BCUT2D eigenvalue weighted by atomic mass is 9.99. The number of phosphoric acid groups is 2. The number of ether oxygens (including phenoxy) is 4. The Morgan fingerprint density at radius 2 is 0.495 bits per heavy atom. The molecule has 3 N–H and O–H groups in total. The summed E-state index contributed by atoms with van der Waals surface area (Å²) in [7, 11) is -9.92. The zero-order valence-corrected chi connectivity index (χ0v) is 65.5. The van der Waals surface area contributed by atoms with Crippen molar-refractivity contribution in [1.29, 1.82) is 0 Å². The molecule has 0 heterocycles. The fraction of sp³-hybridized carbons (Fsp3) is 0.949. The van der Waals surface area contributed by atoms with E-state index in [0.29, 0.717) is 25.7 Å². The molecular weight excluding hydrogens is 1270 g/mol. The van der Waals surface area contributed by atoms with Gasteiger partial charge in [0.15, 0.2) is 12.2 Å². The summed E-state index contributed by atoms with van der Waals surface area (Å²) in [5, 5.41) is 10.6. The standard InChI is InChI=1S/C78H152O17P2/c1-9-70(7)56-48-40-32-24-15-13-11-12-14-16-27-36-44-52-60-77(82)94-73(64-88-75(80)58-50-42-34-26-20-18-25-33-41-49-57-71(8)10-2)66-92-96(84,85)90-62-72(79)63-91-97(86,87)93-67-74(65-89-76(81)59-51-43-35-29-21-23-31-39-47-55-69(5)6)95-78(83)61-53-45-37-28-19-17-22-30-38-46-54-68(3)4/h68-74,79H,9-67H2,1-8H3,(H,84,85)(H,86,87)/t70?,71?,72-,73-,74-/m1/s1. The Morgan fingerprint density at radius 1 is 0.289 bits per heavy atom. The first-order valence-corrected chi connectivity index (χ1v) is 43.3. The number of carbonyl (C=O) groups is 4. The average molecular weight is 1420 g/mol. The number of carbonyl (C=O) groups excluding carboxylic acids is 4. The maximum Gasteiger partial charge on any atom is 0.472 e. The molecule has 0 bridgehead atoms. The van der Waals surface area contributed by atoms with Gasteiger partial charge in [0.1, 0.15) is 19.3 Å². The molecule has 7 atom stereocenters. The van der Waals surface area contributed by atoms with Gasteiger partial charge in [-0.2, -0.15) is 0 Å². The van der Waals surface area contributed by atoms with Crippen molar-refractivity contribution in [3.63, 3.8) is 0 Å². The summed E-state index contributed by atoms with van der Waals surface area (Å²) in [6.45, 7) is 14.3. The van der Waals surface area contributed by atoms with Crippen LogP contribution in [0.25, 0.3) is 0 Å². The normalized spacial score (nSPS) is 14.6. The van der Waals surface area contributed by atoms with E-state index >= 15 is 0 Å². The van der Waals surface area contributed by atoms with Crippen LogP contribution in [-0.4, -0.2) is 96.7 Å². The van der Waals surface area contributed by atoms with Gasteiger partial charge in [0.2, 0.25) is 0 Å². The zero-order valence-electron chi connectivity index (χ0n) is 63.7. The largest absolute Gasteiger partial charge is 0.472 e. The Bertz CT molecular complexity index is 1910. The van der Waals surface area contributed by atoms with Crippen molar-refractivity contribution in [2.75, 3.05) is 39.6 Å². The summed E-state index contributed by atoms with van der Waals surface area (Å²) in [6, 6.07) is 0. The molecule has 0 aromatic heterocycles. The molecule has 0 saturated heterocycles. The minimum Gasteiger partial charge on any atom is -0.462 e. The molecule has 0 aliphatic rings. The Kier molecular flexibility index (Phi) is 65.9. The van der Waals surface area contributed by atoms with Crippen LogP contribution in [0.5, 0.6) is 0 Å². The molecule has 0 aliphatic carbocycles. The van der Waals surface area contributed by atoms with Gasteiger partial charge >= 0.3 is 39.5 Å². The van der Waals surface area contributed by atoms with Crippen LogP contribution in [0.15, 0.2) is 0 Å². The van der Waals surface area contributed by atoms with E-state index in [1.165, 1.54) is 199 Å². The summed E-state index contributed by atoms with van der Waals surface area (Å²) in [5.41, 5.74) is 0. The van der Waals surface area contributed by atoms with E-state index in [9.17, 15) is 43.2 Å². The van der Waals surface area contributed by atoms with Crippen molar-refractivity contribution >= 4 is 39.5 Å². The minimum atomic E-state index is -4.96. The van der Waals surface area contributed by atoms with Gasteiger partial charge in [-0.3, -0.25) is 37.3 Å². The molecule has 0 spiro atoms. The quantitative estimate of drug-likeness (QED) is 0.0222. The third-order valence-corrected chi connectivity index (χ3v) is 20.7. The zero-order chi connectivity index (χ0) is 71.7. The molecule has 0 aromatic carbocycles. The summed E-state index contributed by atoms with van der Waals surface area (Å²) >= 11 is 0. The fourth-order valence-electron chi connectivity index (χ4n) is 11.8. The molecule has 0 rings (SSSR count). The first kappa shape index (κ1) is 95.1. The number of aliphatic hydroxyl groups is 1. The van der Waals surface area contributed by atoms with Crippen molar-refractivity contribution in [3.05, 3.63) is 0 Å². The SMILES string of the molecule is CCC(C)CCCCCCCCCCCCCCCCC(=O)O[C@H](COC(=O)CCCCCCCCCCCCC(C)CC)COP(=O)(O)OC[C@@H](O)COP(=O)(O)OC[C@@H](COC(=O)CCCCCCCCCCCC(C)C)OC(=O)CCCCCCCCCCCCC(C)C. The Labute approximate surface area is 594 Å². The highest BCUT2D eigenvalue weighted by molar-refractivity contribution is 7.47. The van der Waals surface area contributed by atoms with Crippen molar-refractivity contribution < 1.29 is 80.2 Å². The molecule has 0 radical (unpaired) electrons. The van der Waals surface area contributed by atoms with E-state index in [1.54, 1.807) is 0 Å². The van der Waals surface area contributed by atoms with Crippen molar-refractivity contribution in [1.82, 2.24) is 0 Å². The Morgan fingerprint density at radius 3 is 0.732 bits per heavy atom.